The highest BCUT2D eigenvalue weighted by Gasteiger charge is 2.35. The van der Waals surface area contributed by atoms with Crippen LogP contribution < -0.4 is 10.1 Å². The van der Waals surface area contributed by atoms with E-state index in [-0.39, 0.29) is 22.5 Å². The minimum Gasteiger partial charge on any atom is -0.497 e. The van der Waals surface area contributed by atoms with Gasteiger partial charge in [0.1, 0.15) is 5.75 Å². The fourth-order valence-corrected chi connectivity index (χ4v) is 2.44. The molecule has 0 radical (unpaired) electrons. The molecule has 2 N–H and O–H groups in total. The first-order chi connectivity index (χ1) is 11.4. The number of aromatic amines is 1. The van der Waals surface area contributed by atoms with Gasteiger partial charge in [0, 0.05) is 12.2 Å². The lowest BCUT2D eigenvalue weighted by Crippen LogP contribution is -2.08. The normalized spacial score (nSPS) is 11.7. The van der Waals surface area contributed by atoms with Gasteiger partial charge in [-0.25, -0.2) is 4.98 Å². The van der Waals surface area contributed by atoms with Crippen LogP contribution >= 0.6 is 0 Å². The quantitative estimate of drug-likeness (QED) is 0.758. The van der Waals surface area contributed by atoms with Crippen LogP contribution in [0.15, 0.2) is 30.3 Å². The molecule has 24 heavy (non-hydrogen) atoms. The van der Waals surface area contributed by atoms with Crippen LogP contribution in [0.3, 0.4) is 0 Å². The number of fused-ring (bicyclic) bond motifs is 1. The van der Waals surface area contributed by atoms with E-state index in [1.807, 2.05) is 12.1 Å². The van der Waals surface area contributed by atoms with Gasteiger partial charge >= 0.3 is 6.18 Å². The zero-order valence-electron chi connectivity index (χ0n) is 13.0. The van der Waals surface area contributed by atoms with Gasteiger partial charge in [-0.2, -0.15) is 18.3 Å². The maximum absolute atomic E-state index is 13.3. The van der Waals surface area contributed by atoms with Gasteiger partial charge < -0.3 is 10.1 Å². The Bertz CT molecular complexity index is 856. The molecule has 0 fully saturated rings. The molecule has 0 aliphatic carbocycles. The zero-order valence-corrected chi connectivity index (χ0v) is 13.0. The highest BCUT2D eigenvalue weighted by Crippen LogP contribution is 2.37. The van der Waals surface area contributed by atoms with Crippen molar-refractivity contribution < 1.29 is 17.9 Å². The summed E-state index contributed by atoms with van der Waals surface area (Å²) in [4.78, 5) is 4.07. The van der Waals surface area contributed by atoms with Crippen LogP contribution in [-0.4, -0.2) is 22.3 Å². The van der Waals surface area contributed by atoms with Crippen LogP contribution in [0.4, 0.5) is 19.0 Å². The second-order valence-corrected chi connectivity index (χ2v) is 5.31. The summed E-state index contributed by atoms with van der Waals surface area (Å²) in [6.07, 6.45) is -4.48. The summed E-state index contributed by atoms with van der Waals surface area (Å²) in [6, 6.07) is 8.25. The summed E-state index contributed by atoms with van der Waals surface area (Å²) >= 11 is 0. The number of ether oxygens (including phenoxy) is 1. The molecule has 5 nitrogen and oxygen atoms in total. The number of hydrogen-bond donors (Lipinski definition) is 2. The summed E-state index contributed by atoms with van der Waals surface area (Å²) in [6.45, 7) is 1.84. The first-order valence-electron chi connectivity index (χ1n) is 7.18. The molecule has 1 aromatic carbocycles. The average molecular weight is 336 g/mol. The Morgan fingerprint density at radius 3 is 2.54 bits per heavy atom. The summed E-state index contributed by atoms with van der Waals surface area (Å²) < 4.78 is 44.9. The number of benzene rings is 1. The first kappa shape index (κ1) is 16.1. The third kappa shape index (κ3) is 3.12. The Morgan fingerprint density at radius 2 is 1.92 bits per heavy atom. The maximum Gasteiger partial charge on any atom is 0.417 e. The van der Waals surface area contributed by atoms with Gasteiger partial charge in [-0.15, -0.1) is 0 Å². The van der Waals surface area contributed by atoms with Gasteiger partial charge in [-0.3, -0.25) is 5.10 Å². The van der Waals surface area contributed by atoms with Crippen LogP contribution in [0.25, 0.3) is 11.0 Å². The second kappa shape index (κ2) is 6.03. The number of methoxy groups -OCH3 is 1. The van der Waals surface area contributed by atoms with E-state index >= 15 is 0 Å². The van der Waals surface area contributed by atoms with E-state index in [0.29, 0.717) is 12.3 Å². The van der Waals surface area contributed by atoms with Crippen molar-refractivity contribution in [3.05, 3.63) is 47.2 Å². The number of rotatable bonds is 4. The van der Waals surface area contributed by atoms with Crippen molar-refractivity contribution in [3.8, 4) is 5.75 Å². The Kier molecular flexibility index (Phi) is 4.04. The summed E-state index contributed by atoms with van der Waals surface area (Å²) in [5.41, 5.74) is 0.524. The zero-order chi connectivity index (χ0) is 17.3. The monoisotopic (exact) mass is 336 g/mol. The van der Waals surface area contributed by atoms with E-state index in [1.54, 1.807) is 19.2 Å². The van der Waals surface area contributed by atoms with Crippen molar-refractivity contribution in [2.75, 3.05) is 12.4 Å². The number of alkyl halides is 3. The van der Waals surface area contributed by atoms with E-state index in [9.17, 15) is 13.2 Å². The van der Waals surface area contributed by atoms with Gasteiger partial charge in [0.25, 0.3) is 0 Å². The van der Waals surface area contributed by atoms with Crippen molar-refractivity contribution in [2.24, 2.45) is 0 Å². The van der Waals surface area contributed by atoms with Crippen LogP contribution in [0, 0.1) is 6.92 Å². The van der Waals surface area contributed by atoms with E-state index in [0.717, 1.165) is 11.6 Å². The minimum absolute atomic E-state index is 0.0541. The SMILES string of the molecule is COc1ccc(CNc2n[nH]c3nc(C)cc(C(F)(F)F)c23)cc1. The largest absolute Gasteiger partial charge is 0.497 e. The van der Waals surface area contributed by atoms with Gasteiger partial charge in [0.2, 0.25) is 0 Å². The van der Waals surface area contributed by atoms with Gasteiger partial charge in [0.05, 0.1) is 18.1 Å². The smallest absolute Gasteiger partial charge is 0.417 e. The Labute approximate surface area is 135 Å². The predicted octanol–water partition coefficient (Wildman–Crippen LogP) is 3.91. The highest BCUT2D eigenvalue weighted by atomic mass is 19.4. The number of anilines is 1. The molecular formula is C16H15F3N4O. The van der Waals surface area contributed by atoms with Crippen LogP contribution in [-0.2, 0) is 12.7 Å². The molecule has 2 heterocycles. The molecule has 0 amide bonds. The van der Waals surface area contributed by atoms with E-state index in [4.69, 9.17) is 4.74 Å². The molecule has 0 spiro atoms. The molecule has 0 unspecified atom stereocenters. The Hall–Kier alpha value is -2.77. The molecule has 0 saturated heterocycles. The van der Waals surface area contributed by atoms with Crippen molar-refractivity contribution in [1.29, 1.82) is 0 Å². The Morgan fingerprint density at radius 1 is 1.21 bits per heavy atom. The standard InChI is InChI=1S/C16H15F3N4O/c1-9-7-12(16(17,18)19)13-14(22-23-15(13)21-9)20-8-10-3-5-11(24-2)6-4-10/h3-7H,8H2,1-2H3,(H2,20,21,22,23). The highest BCUT2D eigenvalue weighted by molar-refractivity contribution is 5.91. The third-order valence-electron chi connectivity index (χ3n) is 3.58. The lowest BCUT2D eigenvalue weighted by Gasteiger charge is -2.11. The van der Waals surface area contributed by atoms with Crippen molar-refractivity contribution in [3.63, 3.8) is 0 Å². The summed E-state index contributed by atoms with van der Waals surface area (Å²) in [5, 5.41) is 9.36. The topological polar surface area (TPSA) is 62.8 Å². The number of aromatic nitrogens is 3. The predicted molar refractivity (Wildman–Crippen MR) is 83.9 cm³/mol. The van der Waals surface area contributed by atoms with Crippen molar-refractivity contribution >= 4 is 16.9 Å². The van der Waals surface area contributed by atoms with Gasteiger partial charge in [0.15, 0.2) is 11.5 Å². The molecule has 126 valence electrons. The van der Waals surface area contributed by atoms with E-state index in [2.05, 4.69) is 20.5 Å². The fourth-order valence-electron chi connectivity index (χ4n) is 2.44. The molecule has 0 saturated carbocycles. The third-order valence-corrected chi connectivity index (χ3v) is 3.58. The minimum atomic E-state index is -4.48. The number of hydrogen-bond acceptors (Lipinski definition) is 4. The fraction of sp³-hybridized carbons (Fsp3) is 0.250. The lowest BCUT2D eigenvalue weighted by atomic mass is 10.1. The van der Waals surface area contributed by atoms with Crippen LogP contribution in [0.2, 0.25) is 0 Å². The number of nitrogens with zero attached hydrogens (tertiary/aromatic N) is 2. The maximum atomic E-state index is 13.3. The lowest BCUT2D eigenvalue weighted by molar-refractivity contribution is -0.136. The van der Waals surface area contributed by atoms with Crippen LogP contribution in [0.1, 0.15) is 16.8 Å². The summed E-state index contributed by atoms with van der Waals surface area (Å²) in [5.74, 6) is 0.837. The number of pyridine rings is 1. The summed E-state index contributed by atoms with van der Waals surface area (Å²) in [7, 11) is 1.57. The number of nitrogens with one attached hydrogen (secondary N) is 2. The number of aryl methyl sites for hydroxylation is 1. The molecule has 0 atom stereocenters. The molecule has 0 aliphatic heterocycles. The molecule has 0 aliphatic rings. The van der Waals surface area contributed by atoms with Crippen molar-refractivity contribution in [2.45, 2.75) is 19.6 Å². The Balaban J connectivity index is 1.92. The average Bonchev–Trinajstić information content (AvgIpc) is 2.94. The molecule has 3 rings (SSSR count). The second-order valence-electron chi connectivity index (χ2n) is 5.31. The van der Waals surface area contributed by atoms with Crippen molar-refractivity contribution in [1.82, 2.24) is 15.2 Å². The number of H-pyrrole nitrogens is 1. The number of halogens is 3. The van der Waals surface area contributed by atoms with E-state index in [1.165, 1.54) is 6.92 Å². The first-order valence-corrected chi connectivity index (χ1v) is 7.18. The van der Waals surface area contributed by atoms with Gasteiger partial charge in [-0.05, 0) is 30.7 Å². The molecule has 0 bridgehead atoms. The molecular weight excluding hydrogens is 321 g/mol. The van der Waals surface area contributed by atoms with E-state index < -0.39 is 11.7 Å². The van der Waals surface area contributed by atoms with Crippen LogP contribution in [0.5, 0.6) is 5.75 Å². The molecule has 3 aromatic rings. The molecule has 8 heteroatoms. The van der Waals surface area contributed by atoms with Gasteiger partial charge in [-0.1, -0.05) is 12.1 Å². The molecule has 2 aromatic heterocycles.